The minimum absolute atomic E-state index is 0.0257. The van der Waals surface area contributed by atoms with Crippen LogP contribution in [0.1, 0.15) is 22.8 Å². The van der Waals surface area contributed by atoms with E-state index in [2.05, 4.69) is 26.2 Å². The molecular weight excluding hydrogens is 357 g/mol. The predicted molar refractivity (Wildman–Crippen MR) is 86.2 cm³/mol. The van der Waals surface area contributed by atoms with E-state index in [-0.39, 0.29) is 17.3 Å². The fourth-order valence-electron chi connectivity index (χ4n) is 1.88. The number of anilines is 1. The standard InChI is InChI=1S/C14H15BrFN3OS/c1-3-17-13-12(16)10(4-5-18-13)14(20)19(2)7-9-6-11(15)21-8-9/h4-6,8H,3,7H2,1-2H3,(H,17,18). The van der Waals surface area contributed by atoms with Gasteiger partial charge in [-0.3, -0.25) is 4.79 Å². The average molecular weight is 372 g/mol. The summed E-state index contributed by atoms with van der Waals surface area (Å²) in [5, 5.41) is 4.76. The summed E-state index contributed by atoms with van der Waals surface area (Å²) in [7, 11) is 1.65. The van der Waals surface area contributed by atoms with Crippen LogP contribution in [-0.4, -0.2) is 29.4 Å². The summed E-state index contributed by atoms with van der Waals surface area (Å²) in [6.07, 6.45) is 1.43. The molecule has 21 heavy (non-hydrogen) atoms. The predicted octanol–water partition coefficient (Wildman–Crippen LogP) is 3.75. The lowest BCUT2D eigenvalue weighted by atomic mass is 10.2. The fraction of sp³-hybridized carbons (Fsp3) is 0.286. The molecule has 0 spiro atoms. The summed E-state index contributed by atoms with van der Waals surface area (Å²) in [6.45, 7) is 2.82. The zero-order valence-corrected chi connectivity index (χ0v) is 14.1. The number of nitrogens with one attached hydrogen (secondary N) is 1. The zero-order chi connectivity index (χ0) is 15.4. The summed E-state index contributed by atoms with van der Waals surface area (Å²) >= 11 is 4.93. The molecule has 1 N–H and O–H groups in total. The lowest BCUT2D eigenvalue weighted by Gasteiger charge is -2.17. The van der Waals surface area contributed by atoms with Gasteiger partial charge in [-0.2, -0.15) is 0 Å². The van der Waals surface area contributed by atoms with Gasteiger partial charge in [0, 0.05) is 26.3 Å². The highest BCUT2D eigenvalue weighted by atomic mass is 79.9. The molecule has 0 aliphatic carbocycles. The summed E-state index contributed by atoms with van der Waals surface area (Å²) in [6, 6.07) is 3.35. The number of thiophene rings is 1. The van der Waals surface area contributed by atoms with Crippen molar-refractivity contribution in [3.05, 3.63) is 44.4 Å². The highest BCUT2D eigenvalue weighted by Crippen LogP contribution is 2.22. The Morgan fingerprint density at radius 1 is 1.57 bits per heavy atom. The SMILES string of the molecule is CCNc1nccc(C(=O)N(C)Cc2csc(Br)c2)c1F. The molecule has 112 valence electrons. The molecule has 0 fully saturated rings. The number of nitrogens with zero attached hydrogens (tertiary/aromatic N) is 2. The summed E-state index contributed by atoms with van der Waals surface area (Å²) in [4.78, 5) is 17.7. The Hall–Kier alpha value is -1.47. The molecule has 0 bridgehead atoms. The fourth-order valence-corrected chi connectivity index (χ4v) is 3.08. The summed E-state index contributed by atoms with van der Waals surface area (Å²) < 4.78 is 15.2. The second kappa shape index (κ2) is 7.00. The molecule has 2 heterocycles. The first-order valence-electron chi connectivity index (χ1n) is 6.39. The maximum atomic E-state index is 14.2. The zero-order valence-electron chi connectivity index (χ0n) is 11.7. The molecule has 0 radical (unpaired) electrons. The lowest BCUT2D eigenvalue weighted by Crippen LogP contribution is -2.27. The van der Waals surface area contributed by atoms with E-state index < -0.39 is 5.82 Å². The first kappa shape index (κ1) is 15.9. The van der Waals surface area contributed by atoms with Gasteiger partial charge in [0.25, 0.3) is 5.91 Å². The Balaban J connectivity index is 2.17. The van der Waals surface area contributed by atoms with Crippen LogP contribution in [0.2, 0.25) is 0 Å². The maximum Gasteiger partial charge on any atom is 0.257 e. The Morgan fingerprint density at radius 2 is 2.33 bits per heavy atom. The van der Waals surface area contributed by atoms with Crippen LogP contribution in [0.25, 0.3) is 0 Å². The molecule has 0 aromatic carbocycles. The highest BCUT2D eigenvalue weighted by Gasteiger charge is 2.19. The van der Waals surface area contributed by atoms with Gasteiger partial charge in [0.15, 0.2) is 11.6 Å². The van der Waals surface area contributed by atoms with Gasteiger partial charge in [0.2, 0.25) is 0 Å². The van der Waals surface area contributed by atoms with Gasteiger partial charge in [-0.1, -0.05) is 0 Å². The van der Waals surface area contributed by atoms with Crippen LogP contribution in [0, 0.1) is 5.82 Å². The van der Waals surface area contributed by atoms with Crippen molar-refractivity contribution in [2.75, 3.05) is 18.9 Å². The van der Waals surface area contributed by atoms with Crippen LogP contribution < -0.4 is 5.32 Å². The Labute approximate surface area is 135 Å². The van der Waals surface area contributed by atoms with Crippen molar-refractivity contribution in [1.82, 2.24) is 9.88 Å². The smallest absolute Gasteiger partial charge is 0.257 e. The Kier molecular flexibility index (Phi) is 5.30. The van der Waals surface area contributed by atoms with Gasteiger partial charge in [-0.25, -0.2) is 9.37 Å². The highest BCUT2D eigenvalue weighted by molar-refractivity contribution is 9.11. The van der Waals surface area contributed by atoms with Crippen LogP contribution in [0.15, 0.2) is 27.5 Å². The van der Waals surface area contributed by atoms with E-state index in [1.807, 2.05) is 18.4 Å². The summed E-state index contributed by atoms with van der Waals surface area (Å²) in [5.41, 5.74) is 1.03. The van der Waals surface area contributed by atoms with E-state index in [1.165, 1.54) is 17.2 Å². The van der Waals surface area contributed by atoms with E-state index in [1.54, 1.807) is 18.4 Å². The molecule has 0 saturated heterocycles. The van der Waals surface area contributed by atoms with E-state index in [0.717, 1.165) is 9.35 Å². The van der Waals surface area contributed by atoms with Gasteiger partial charge >= 0.3 is 0 Å². The molecule has 4 nitrogen and oxygen atoms in total. The van der Waals surface area contributed by atoms with Crippen molar-refractivity contribution >= 4 is 39.0 Å². The monoisotopic (exact) mass is 371 g/mol. The van der Waals surface area contributed by atoms with Crippen molar-refractivity contribution in [2.24, 2.45) is 0 Å². The normalized spacial score (nSPS) is 10.5. The molecule has 0 unspecified atom stereocenters. The average Bonchev–Trinajstić information content (AvgIpc) is 2.86. The van der Waals surface area contributed by atoms with Crippen LogP contribution in [0.5, 0.6) is 0 Å². The number of hydrogen-bond donors (Lipinski definition) is 1. The quantitative estimate of drug-likeness (QED) is 0.870. The molecule has 0 saturated carbocycles. The topological polar surface area (TPSA) is 45.2 Å². The molecule has 0 atom stereocenters. The molecule has 0 aliphatic rings. The largest absolute Gasteiger partial charge is 0.368 e. The van der Waals surface area contributed by atoms with E-state index in [9.17, 15) is 9.18 Å². The summed E-state index contributed by atoms with van der Waals surface area (Å²) in [5.74, 6) is -0.867. The second-order valence-corrected chi connectivity index (χ2v) is 6.76. The number of aromatic nitrogens is 1. The van der Waals surface area contributed by atoms with Crippen LogP contribution in [-0.2, 0) is 6.54 Å². The molecule has 1 amide bonds. The maximum absolute atomic E-state index is 14.2. The minimum atomic E-state index is -0.609. The molecule has 2 aromatic heterocycles. The van der Waals surface area contributed by atoms with Crippen molar-refractivity contribution in [1.29, 1.82) is 0 Å². The molecule has 2 rings (SSSR count). The van der Waals surface area contributed by atoms with Crippen molar-refractivity contribution in [3.8, 4) is 0 Å². The number of carbonyl (C=O) groups excluding carboxylic acids is 1. The van der Waals surface area contributed by atoms with Crippen molar-refractivity contribution in [2.45, 2.75) is 13.5 Å². The molecular formula is C14H15BrFN3OS. The van der Waals surface area contributed by atoms with Gasteiger partial charge in [-0.15, -0.1) is 11.3 Å². The van der Waals surface area contributed by atoms with Gasteiger partial charge < -0.3 is 10.2 Å². The molecule has 2 aromatic rings. The van der Waals surface area contributed by atoms with Crippen LogP contribution in [0.3, 0.4) is 0 Å². The Bertz CT molecular complexity index is 647. The Morgan fingerprint density at radius 3 is 2.95 bits per heavy atom. The number of hydrogen-bond acceptors (Lipinski definition) is 4. The number of pyridine rings is 1. The van der Waals surface area contributed by atoms with Crippen LogP contribution in [0.4, 0.5) is 10.2 Å². The van der Waals surface area contributed by atoms with E-state index >= 15 is 0 Å². The van der Waals surface area contributed by atoms with Gasteiger partial charge in [0.1, 0.15) is 0 Å². The third-order valence-corrected chi connectivity index (χ3v) is 4.41. The first-order chi connectivity index (χ1) is 10.0. The molecule has 0 aliphatic heterocycles. The number of carbonyl (C=O) groups is 1. The van der Waals surface area contributed by atoms with Crippen molar-refractivity contribution in [3.63, 3.8) is 0 Å². The third-order valence-electron chi connectivity index (χ3n) is 2.85. The second-order valence-electron chi connectivity index (χ2n) is 4.47. The first-order valence-corrected chi connectivity index (χ1v) is 8.07. The lowest BCUT2D eigenvalue weighted by molar-refractivity contribution is 0.0780. The van der Waals surface area contributed by atoms with Gasteiger partial charge in [-0.05, 0) is 45.9 Å². The minimum Gasteiger partial charge on any atom is -0.368 e. The van der Waals surface area contributed by atoms with Gasteiger partial charge in [0.05, 0.1) is 9.35 Å². The number of halogens is 2. The third kappa shape index (κ3) is 3.79. The van der Waals surface area contributed by atoms with E-state index in [4.69, 9.17) is 0 Å². The van der Waals surface area contributed by atoms with Crippen LogP contribution >= 0.6 is 27.3 Å². The van der Waals surface area contributed by atoms with Crippen molar-refractivity contribution < 1.29 is 9.18 Å². The van der Waals surface area contributed by atoms with E-state index in [0.29, 0.717) is 13.1 Å². The number of rotatable bonds is 5. The number of amides is 1. The molecule has 7 heteroatoms.